The predicted octanol–water partition coefficient (Wildman–Crippen LogP) is 2.13. The van der Waals surface area contributed by atoms with Gasteiger partial charge in [-0.1, -0.05) is 11.6 Å². The molecule has 0 saturated carbocycles. The number of nitrogens with two attached hydrogens (primary N) is 1. The highest BCUT2D eigenvalue weighted by Gasteiger charge is 2.11. The van der Waals surface area contributed by atoms with Crippen LogP contribution >= 0.6 is 11.6 Å². The first-order valence-electron chi connectivity index (χ1n) is 3.70. The average Bonchev–Trinajstić information content (AvgIpc) is 2.02. The van der Waals surface area contributed by atoms with E-state index in [9.17, 15) is 4.79 Å². The van der Waals surface area contributed by atoms with Gasteiger partial charge in [0.2, 0.25) is 0 Å². The Balaban J connectivity index is 3.31. The molecule has 0 bridgehead atoms. The fourth-order valence-corrected chi connectivity index (χ4v) is 1.44. The van der Waals surface area contributed by atoms with Crippen molar-refractivity contribution in [1.82, 2.24) is 0 Å². The zero-order chi connectivity index (χ0) is 10.0. The van der Waals surface area contributed by atoms with E-state index in [-0.39, 0.29) is 5.78 Å². The van der Waals surface area contributed by atoms with E-state index in [1.54, 1.807) is 12.1 Å². The van der Waals surface area contributed by atoms with Gasteiger partial charge in [-0.05, 0) is 13.0 Å². The van der Waals surface area contributed by atoms with Crippen molar-refractivity contribution in [2.45, 2.75) is 6.92 Å². The molecular weight excluding hydrogens is 190 g/mol. The lowest BCUT2D eigenvalue weighted by Gasteiger charge is -2.07. The molecule has 4 heteroatoms. The molecule has 2 N–H and O–H groups in total. The number of Topliss-reactive ketones (excluding diaryl/α,β-unsaturated/α-hetero) is 1. The molecule has 0 spiro atoms. The van der Waals surface area contributed by atoms with E-state index in [1.165, 1.54) is 14.0 Å². The highest BCUT2D eigenvalue weighted by Crippen LogP contribution is 2.28. The second-order valence-electron chi connectivity index (χ2n) is 2.63. The molecule has 0 saturated heterocycles. The number of nitrogen functional groups attached to an aromatic ring is 1. The number of hydrogen-bond donors (Lipinski definition) is 1. The summed E-state index contributed by atoms with van der Waals surface area (Å²) in [5.74, 6) is 0.401. The predicted molar refractivity (Wildman–Crippen MR) is 52.4 cm³/mol. The molecule has 0 aliphatic carbocycles. The maximum absolute atomic E-state index is 11.1. The summed E-state index contributed by atoms with van der Waals surface area (Å²) in [6.07, 6.45) is 0. The van der Waals surface area contributed by atoms with Gasteiger partial charge in [-0.25, -0.2) is 0 Å². The van der Waals surface area contributed by atoms with Gasteiger partial charge < -0.3 is 10.5 Å². The first-order valence-corrected chi connectivity index (χ1v) is 4.08. The quantitative estimate of drug-likeness (QED) is 0.587. The van der Waals surface area contributed by atoms with E-state index in [0.29, 0.717) is 22.0 Å². The SMILES string of the molecule is COc1cc(N)c(C(C)=O)c(Cl)c1. The number of rotatable bonds is 2. The van der Waals surface area contributed by atoms with Crippen LogP contribution in [0.3, 0.4) is 0 Å². The summed E-state index contributed by atoms with van der Waals surface area (Å²) in [5.41, 5.74) is 6.31. The Hall–Kier alpha value is -1.22. The lowest BCUT2D eigenvalue weighted by atomic mass is 10.1. The Bertz CT molecular complexity index is 326. The molecule has 0 radical (unpaired) electrons. The first kappa shape index (κ1) is 9.86. The molecule has 0 unspecified atom stereocenters. The van der Waals surface area contributed by atoms with Gasteiger partial charge in [0.05, 0.1) is 17.7 Å². The number of hydrogen-bond acceptors (Lipinski definition) is 3. The lowest BCUT2D eigenvalue weighted by molar-refractivity contribution is 0.101. The maximum Gasteiger partial charge on any atom is 0.163 e. The van der Waals surface area contributed by atoms with Gasteiger partial charge in [0, 0.05) is 11.8 Å². The van der Waals surface area contributed by atoms with Gasteiger partial charge in [-0.15, -0.1) is 0 Å². The third kappa shape index (κ3) is 1.92. The number of halogens is 1. The van der Waals surface area contributed by atoms with Crippen molar-refractivity contribution in [3.63, 3.8) is 0 Å². The van der Waals surface area contributed by atoms with Gasteiger partial charge in [-0.3, -0.25) is 4.79 Å². The fraction of sp³-hybridized carbons (Fsp3) is 0.222. The van der Waals surface area contributed by atoms with Gasteiger partial charge in [-0.2, -0.15) is 0 Å². The van der Waals surface area contributed by atoms with E-state index in [1.807, 2.05) is 0 Å². The van der Waals surface area contributed by atoms with Gasteiger partial charge in [0.1, 0.15) is 5.75 Å². The van der Waals surface area contributed by atoms with E-state index < -0.39 is 0 Å². The molecule has 0 amide bonds. The van der Waals surface area contributed by atoms with Crippen molar-refractivity contribution in [2.75, 3.05) is 12.8 Å². The zero-order valence-electron chi connectivity index (χ0n) is 7.43. The molecule has 0 aliphatic rings. The van der Waals surface area contributed by atoms with Gasteiger partial charge >= 0.3 is 0 Å². The Morgan fingerprint density at radius 1 is 1.54 bits per heavy atom. The van der Waals surface area contributed by atoms with Crippen molar-refractivity contribution in [2.24, 2.45) is 0 Å². The molecule has 13 heavy (non-hydrogen) atoms. The molecule has 0 heterocycles. The standard InChI is InChI=1S/C9H10ClNO2/c1-5(12)9-7(10)3-6(13-2)4-8(9)11/h3-4H,11H2,1-2H3. The number of carbonyl (C=O) groups excluding carboxylic acids is 1. The number of benzene rings is 1. The second kappa shape index (κ2) is 3.66. The van der Waals surface area contributed by atoms with Crippen LogP contribution in [-0.4, -0.2) is 12.9 Å². The van der Waals surface area contributed by atoms with Crippen LogP contribution < -0.4 is 10.5 Å². The van der Waals surface area contributed by atoms with Crippen LogP contribution in [0.5, 0.6) is 5.75 Å². The summed E-state index contributed by atoms with van der Waals surface area (Å²) in [6, 6.07) is 3.14. The smallest absolute Gasteiger partial charge is 0.163 e. The first-order chi connectivity index (χ1) is 6.06. The number of anilines is 1. The van der Waals surface area contributed by atoms with Crippen molar-refractivity contribution in [3.8, 4) is 5.75 Å². The Morgan fingerprint density at radius 3 is 2.54 bits per heavy atom. The summed E-state index contributed by atoms with van der Waals surface area (Å²) in [6.45, 7) is 1.42. The van der Waals surface area contributed by atoms with Crippen LogP contribution in [-0.2, 0) is 0 Å². The minimum Gasteiger partial charge on any atom is -0.497 e. The maximum atomic E-state index is 11.1. The molecule has 0 atom stereocenters. The zero-order valence-corrected chi connectivity index (χ0v) is 8.18. The largest absolute Gasteiger partial charge is 0.497 e. The summed E-state index contributed by atoms with van der Waals surface area (Å²) in [4.78, 5) is 11.1. The Morgan fingerprint density at radius 2 is 2.15 bits per heavy atom. The average molecular weight is 200 g/mol. The normalized spacial score (nSPS) is 9.77. The minimum atomic E-state index is -0.148. The summed E-state index contributed by atoms with van der Waals surface area (Å²) in [7, 11) is 1.51. The van der Waals surface area contributed by atoms with Crippen LogP contribution in [0.25, 0.3) is 0 Å². The number of methoxy groups -OCH3 is 1. The third-order valence-electron chi connectivity index (χ3n) is 1.68. The van der Waals surface area contributed by atoms with E-state index in [4.69, 9.17) is 22.1 Å². The van der Waals surface area contributed by atoms with Crippen LogP contribution in [0.15, 0.2) is 12.1 Å². The molecule has 0 fully saturated rings. The summed E-state index contributed by atoms with van der Waals surface area (Å²) >= 11 is 5.83. The summed E-state index contributed by atoms with van der Waals surface area (Å²) < 4.78 is 4.93. The van der Waals surface area contributed by atoms with E-state index >= 15 is 0 Å². The van der Waals surface area contributed by atoms with Crippen molar-refractivity contribution in [3.05, 3.63) is 22.7 Å². The lowest BCUT2D eigenvalue weighted by Crippen LogP contribution is -2.01. The molecular formula is C9H10ClNO2. The Kier molecular flexibility index (Phi) is 2.78. The summed E-state index contributed by atoms with van der Waals surface area (Å²) in [5, 5.41) is 0.323. The van der Waals surface area contributed by atoms with Crippen LogP contribution in [0, 0.1) is 0 Å². The molecule has 0 aromatic heterocycles. The molecule has 70 valence electrons. The topological polar surface area (TPSA) is 52.3 Å². The van der Waals surface area contributed by atoms with Crippen LogP contribution in [0.4, 0.5) is 5.69 Å². The van der Waals surface area contributed by atoms with E-state index in [0.717, 1.165) is 0 Å². The van der Waals surface area contributed by atoms with Crippen LogP contribution in [0.1, 0.15) is 17.3 Å². The minimum absolute atomic E-state index is 0.148. The van der Waals surface area contributed by atoms with Crippen molar-refractivity contribution >= 4 is 23.1 Å². The number of ether oxygens (including phenoxy) is 1. The highest BCUT2D eigenvalue weighted by molar-refractivity contribution is 6.34. The van der Waals surface area contributed by atoms with Gasteiger partial charge in [0.15, 0.2) is 5.78 Å². The second-order valence-corrected chi connectivity index (χ2v) is 3.04. The molecule has 1 aromatic carbocycles. The molecule has 3 nitrogen and oxygen atoms in total. The van der Waals surface area contributed by atoms with Crippen LogP contribution in [0.2, 0.25) is 5.02 Å². The number of ketones is 1. The molecule has 1 rings (SSSR count). The Labute approximate surface area is 81.4 Å². The fourth-order valence-electron chi connectivity index (χ4n) is 1.09. The third-order valence-corrected chi connectivity index (χ3v) is 1.98. The van der Waals surface area contributed by atoms with Crippen molar-refractivity contribution < 1.29 is 9.53 Å². The van der Waals surface area contributed by atoms with Crippen molar-refractivity contribution in [1.29, 1.82) is 0 Å². The highest BCUT2D eigenvalue weighted by atomic mass is 35.5. The molecule has 0 aliphatic heterocycles. The van der Waals surface area contributed by atoms with Gasteiger partial charge in [0.25, 0.3) is 0 Å². The monoisotopic (exact) mass is 199 g/mol. The van der Waals surface area contributed by atoms with E-state index in [2.05, 4.69) is 0 Å². The number of carbonyl (C=O) groups is 1. The molecule has 1 aromatic rings.